The molecule has 0 aliphatic rings. The highest BCUT2D eigenvalue weighted by Crippen LogP contribution is 2.41. The van der Waals surface area contributed by atoms with Crippen LogP contribution in [0.2, 0.25) is 0 Å². The van der Waals surface area contributed by atoms with Crippen molar-refractivity contribution in [2.75, 3.05) is 24.7 Å². The highest BCUT2D eigenvalue weighted by molar-refractivity contribution is 9.11. The minimum Gasteiger partial charge on any atom is -0.462 e. The summed E-state index contributed by atoms with van der Waals surface area (Å²) in [4.78, 5) is 26.1. The molecule has 34 heavy (non-hydrogen) atoms. The van der Waals surface area contributed by atoms with Gasteiger partial charge in [-0.3, -0.25) is 0 Å². The van der Waals surface area contributed by atoms with Crippen LogP contribution in [-0.2, 0) is 9.47 Å². The molecule has 0 unspecified atom stereocenters. The number of esters is 2. The second-order valence-corrected chi connectivity index (χ2v) is 9.95. The average molecular weight is 598 g/mol. The van der Waals surface area contributed by atoms with Crippen LogP contribution in [0.25, 0.3) is 11.1 Å². The number of hydrogen-bond acceptors (Lipinski definition) is 6. The number of hydrogen-bond donors (Lipinski definition) is 2. The second-order valence-electron chi connectivity index (χ2n) is 8.24. The Morgan fingerprint density at radius 2 is 1.06 bits per heavy atom. The van der Waals surface area contributed by atoms with Gasteiger partial charge in [0, 0.05) is 31.4 Å². The third-order valence-electron chi connectivity index (χ3n) is 5.38. The molecule has 8 heteroatoms. The van der Waals surface area contributed by atoms with E-state index in [2.05, 4.69) is 45.7 Å². The van der Waals surface area contributed by atoms with Crippen LogP contribution in [0.4, 0.5) is 11.4 Å². The van der Waals surface area contributed by atoms with Gasteiger partial charge in [0.15, 0.2) is 0 Å². The molecular weight excluding hydrogens is 564 g/mol. The lowest BCUT2D eigenvalue weighted by Gasteiger charge is -2.18. The Bertz CT molecular complexity index is 916. The van der Waals surface area contributed by atoms with Gasteiger partial charge in [0.2, 0.25) is 0 Å². The quantitative estimate of drug-likeness (QED) is 0.140. The van der Waals surface area contributed by atoms with Crippen LogP contribution < -0.4 is 11.5 Å². The van der Waals surface area contributed by atoms with E-state index in [1.54, 1.807) is 24.3 Å². The zero-order valence-electron chi connectivity index (χ0n) is 19.9. The third-order valence-corrected chi connectivity index (χ3v) is 6.63. The van der Waals surface area contributed by atoms with Gasteiger partial charge in [-0.05, 0) is 37.1 Å². The molecule has 2 aromatic rings. The molecule has 186 valence electrons. The maximum absolute atomic E-state index is 13.1. The highest BCUT2D eigenvalue weighted by atomic mass is 79.9. The van der Waals surface area contributed by atoms with Crippen molar-refractivity contribution in [1.29, 1.82) is 0 Å². The number of carbonyl (C=O) groups is 2. The van der Waals surface area contributed by atoms with Crippen LogP contribution in [0.15, 0.2) is 33.2 Å². The maximum Gasteiger partial charge on any atom is 0.338 e. The molecule has 0 radical (unpaired) electrons. The number of benzene rings is 2. The number of halogens is 2. The van der Waals surface area contributed by atoms with E-state index in [1.165, 1.54) is 0 Å². The number of anilines is 2. The van der Waals surface area contributed by atoms with E-state index in [4.69, 9.17) is 20.9 Å². The van der Waals surface area contributed by atoms with Crippen molar-refractivity contribution in [2.24, 2.45) is 0 Å². The summed E-state index contributed by atoms with van der Waals surface area (Å²) in [5.41, 5.74) is 14.4. The predicted molar refractivity (Wildman–Crippen MR) is 145 cm³/mol. The molecule has 0 saturated carbocycles. The zero-order valence-corrected chi connectivity index (χ0v) is 23.1. The van der Waals surface area contributed by atoms with Crippen LogP contribution in [0.1, 0.15) is 85.9 Å². The summed E-state index contributed by atoms with van der Waals surface area (Å²) in [5.74, 6) is -0.996. The summed E-state index contributed by atoms with van der Waals surface area (Å²) in [6.07, 6.45) is 7.96. The molecule has 2 rings (SSSR count). The van der Waals surface area contributed by atoms with Crippen molar-refractivity contribution in [2.45, 2.75) is 65.2 Å². The summed E-state index contributed by atoms with van der Waals surface area (Å²) in [5, 5.41) is 0. The van der Waals surface area contributed by atoms with E-state index in [-0.39, 0.29) is 11.1 Å². The lowest BCUT2D eigenvalue weighted by molar-refractivity contribution is 0.0486. The Kier molecular flexibility index (Phi) is 11.9. The van der Waals surface area contributed by atoms with Crippen molar-refractivity contribution in [3.05, 3.63) is 44.3 Å². The first-order chi connectivity index (χ1) is 16.3. The SMILES string of the molecule is CCCCCCOC(=O)c1cc(N)cc(Br)c1-c1c(Br)cc(N)cc1C(=O)OCCCCCC. The van der Waals surface area contributed by atoms with E-state index in [0.29, 0.717) is 44.7 Å². The molecule has 0 aliphatic heterocycles. The maximum atomic E-state index is 13.1. The van der Waals surface area contributed by atoms with E-state index in [9.17, 15) is 9.59 Å². The molecule has 0 atom stereocenters. The number of unbranched alkanes of at least 4 members (excludes halogenated alkanes) is 6. The van der Waals surface area contributed by atoms with Gasteiger partial charge in [-0.2, -0.15) is 0 Å². The molecule has 0 amide bonds. The highest BCUT2D eigenvalue weighted by Gasteiger charge is 2.26. The summed E-state index contributed by atoms with van der Waals surface area (Å²) in [7, 11) is 0. The number of carbonyl (C=O) groups excluding carboxylic acids is 2. The molecule has 0 aliphatic carbocycles. The molecule has 2 aromatic carbocycles. The van der Waals surface area contributed by atoms with E-state index in [0.717, 1.165) is 51.4 Å². The normalized spacial score (nSPS) is 10.8. The summed E-state index contributed by atoms with van der Waals surface area (Å²) >= 11 is 7.06. The molecule has 0 heterocycles. The van der Waals surface area contributed by atoms with Crippen LogP contribution in [0.5, 0.6) is 0 Å². The monoisotopic (exact) mass is 596 g/mol. The van der Waals surface area contributed by atoms with Crippen LogP contribution >= 0.6 is 31.9 Å². The molecule has 0 bridgehead atoms. The molecule has 0 fully saturated rings. The molecule has 0 spiro atoms. The van der Waals surface area contributed by atoms with Gasteiger partial charge >= 0.3 is 11.9 Å². The fraction of sp³-hybridized carbons (Fsp3) is 0.462. The summed E-state index contributed by atoms with van der Waals surface area (Å²) in [6, 6.07) is 6.51. The van der Waals surface area contributed by atoms with Gasteiger partial charge in [0.1, 0.15) is 0 Å². The van der Waals surface area contributed by atoms with Crippen LogP contribution in [-0.4, -0.2) is 25.2 Å². The lowest BCUT2D eigenvalue weighted by Crippen LogP contribution is -2.13. The van der Waals surface area contributed by atoms with Gasteiger partial charge in [0.25, 0.3) is 0 Å². The van der Waals surface area contributed by atoms with Crippen molar-refractivity contribution in [1.82, 2.24) is 0 Å². The van der Waals surface area contributed by atoms with Gasteiger partial charge < -0.3 is 20.9 Å². The summed E-state index contributed by atoms with van der Waals surface area (Å²) in [6.45, 7) is 4.89. The van der Waals surface area contributed by atoms with Crippen molar-refractivity contribution >= 4 is 55.2 Å². The number of nitrogens with two attached hydrogens (primary N) is 2. The van der Waals surface area contributed by atoms with Gasteiger partial charge in [-0.15, -0.1) is 0 Å². The Hall–Kier alpha value is -2.06. The first-order valence-corrected chi connectivity index (χ1v) is 13.4. The molecule has 4 N–H and O–H groups in total. The van der Waals surface area contributed by atoms with E-state index in [1.807, 2.05) is 0 Å². The standard InChI is InChI=1S/C26H34Br2N2O4/c1-3-5-7-9-11-33-25(31)19-13-17(29)15-21(27)23(19)24-20(14-18(30)16-22(24)28)26(32)34-12-10-8-6-4-2/h13-16H,3-12,29-30H2,1-2H3. The topological polar surface area (TPSA) is 105 Å². The van der Waals surface area contributed by atoms with E-state index >= 15 is 0 Å². The minimum absolute atomic E-state index is 0.268. The molecule has 0 saturated heterocycles. The first kappa shape index (κ1) is 28.2. The Labute approximate surface area is 219 Å². The van der Waals surface area contributed by atoms with Gasteiger partial charge in [-0.25, -0.2) is 9.59 Å². The predicted octanol–water partition coefficient (Wildman–Crippen LogP) is 7.52. The van der Waals surface area contributed by atoms with E-state index < -0.39 is 11.9 Å². The smallest absolute Gasteiger partial charge is 0.338 e. The van der Waals surface area contributed by atoms with Crippen LogP contribution in [0.3, 0.4) is 0 Å². The third kappa shape index (κ3) is 8.01. The number of rotatable bonds is 13. The first-order valence-electron chi connectivity index (χ1n) is 11.8. The molecule has 6 nitrogen and oxygen atoms in total. The zero-order chi connectivity index (χ0) is 25.1. The fourth-order valence-electron chi connectivity index (χ4n) is 3.63. The fourth-order valence-corrected chi connectivity index (χ4v) is 4.98. The van der Waals surface area contributed by atoms with Crippen molar-refractivity contribution in [3.63, 3.8) is 0 Å². The van der Waals surface area contributed by atoms with Gasteiger partial charge in [-0.1, -0.05) is 84.2 Å². The summed E-state index contributed by atoms with van der Waals surface area (Å²) < 4.78 is 12.2. The number of ether oxygens (including phenoxy) is 2. The Morgan fingerprint density at radius 1 is 0.676 bits per heavy atom. The second kappa shape index (κ2) is 14.4. The minimum atomic E-state index is -0.498. The number of nitrogen functional groups attached to an aromatic ring is 2. The van der Waals surface area contributed by atoms with Gasteiger partial charge in [0.05, 0.1) is 24.3 Å². The van der Waals surface area contributed by atoms with Crippen LogP contribution in [0, 0.1) is 0 Å². The lowest BCUT2D eigenvalue weighted by atomic mass is 9.94. The van der Waals surface area contributed by atoms with Crippen molar-refractivity contribution in [3.8, 4) is 11.1 Å². The van der Waals surface area contributed by atoms with Crippen molar-refractivity contribution < 1.29 is 19.1 Å². The largest absolute Gasteiger partial charge is 0.462 e. The molecular formula is C26H34Br2N2O4. The Balaban J connectivity index is 2.42. The molecule has 0 aromatic heterocycles. The average Bonchev–Trinajstić information content (AvgIpc) is 2.78. The Morgan fingerprint density at radius 3 is 1.41 bits per heavy atom.